The number of nitrogens with one attached hydrogen (secondary N) is 1. The first kappa shape index (κ1) is 23.9. The van der Waals surface area contributed by atoms with Crippen LogP contribution in [0.4, 0.5) is 5.69 Å². The van der Waals surface area contributed by atoms with E-state index in [1.165, 1.54) is 16.4 Å². The molecule has 0 bridgehead atoms. The third-order valence-electron chi connectivity index (χ3n) is 5.23. The Labute approximate surface area is 189 Å². The molecule has 2 aromatic rings. The first-order valence-electron chi connectivity index (χ1n) is 10.9. The number of carbonyl (C=O) groups excluding carboxylic acids is 2. The van der Waals surface area contributed by atoms with Crippen LogP contribution in [0.1, 0.15) is 53.8 Å². The quantitative estimate of drug-likeness (QED) is 0.452. The van der Waals surface area contributed by atoms with Gasteiger partial charge >= 0.3 is 5.97 Å². The van der Waals surface area contributed by atoms with Crippen molar-refractivity contribution in [3.8, 4) is 0 Å². The second-order valence-corrected chi connectivity index (χ2v) is 10.3. The zero-order valence-corrected chi connectivity index (χ0v) is 19.4. The van der Waals surface area contributed by atoms with Crippen LogP contribution in [0.25, 0.3) is 0 Å². The van der Waals surface area contributed by atoms with Crippen molar-refractivity contribution in [3.05, 3.63) is 59.7 Å². The van der Waals surface area contributed by atoms with Crippen LogP contribution in [0.15, 0.2) is 53.4 Å². The summed E-state index contributed by atoms with van der Waals surface area (Å²) in [6.07, 6.45) is 2.80. The van der Waals surface area contributed by atoms with Gasteiger partial charge in [-0.3, -0.25) is 4.79 Å². The van der Waals surface area contributed by atoms with E-state index in [1.807, 2.05) is 13.8 Å². The summed E-state index contributed by atoms with van der Waals surface area (Å²) in [7, 11) is -3.52. The molecule has 1 saturated heterocycles. The Balaban J connectivity index is 1.59. The number of nitrogens with zero attached hydrogens (tertiary/aromatic N) is 1. The topological polar surface area (TPSA) is 92.8 Å². The molecular weight excluding hydrogens is 428 g/mol. The molecule has 1 N–H and O–H groups in total. The van der Waals surface area contributed by atoms with Crippen molar-refractivity contribution in [1.82, 2.24) is 4.31 Å². The van der Waals surface area contributed by atoms with E-state index in [4.69, 9.17) is 4.74 Å². The van der Waals surface area contributed by atoms with E-state index >= 15 is 0 Å². The zero-order valence-electron chi connectivity index (χ0n) is 18.5. The van der Waals surface area contributed by atoms with Crippen LogP contribution in [0, 0.1) is 5.92 Å². The van der Waals surface area contributed by atoms with Crippen LogP contribution >= 0.6 is 0 Å². The molecule has 172 valence electrons. The molecular formula is C24H30N2O5S. The van der Waals surface area contributed by atoms with Crippen LogP contribution in [0.3, 0.4) is 0 Å². The number of Topliss-reactive ketones (excluding diaryl/α,β-unsaturated/α-hetero) is 1. The number of hydrogen-bond acceptors (Lipinski definition) is 6. The number of ether oxygens (including phenoxy) is 1. The summed E-state index contributed by atoms with van der Waals surface area (Å²) in [6, 6.07) is 12.9. The smallest absolute Gasteiger partial charge is 0.338 e. The van der Waals surface area contributed by atoms with Gasteiger partial charge in [-0.15, -0.1) is 0 Å². The molecule has 3 rings (SSSR count). The van der Waals surface area contributed by atoms with Crippen molar-refractivity contribution in [2.24, 2.45) is 5.92 Å². The van der Waals surface area contributed by atoms with E-state index in [9.17, 15) is 18.0 Å². The molecule has 1 aliphatic heterocycles. The van der Waals surface area contributed by atoms with Crippen molar-refractivity contribution in [1.29, 1.82) is 0 Å². The number of ketones is 1. The first-order chi connectivity index (χ1) is 15.3. The van der Waals surface area contributed by atoms with E-state index in [2.05, 4.69) is 5.32 Å². The van der Waals surface area contributed by atoms with Gasteiger partial charge in [-0.1, -0.05) is 26.3 Å². The Kier molecular flexibility index (Phi) is 8.04. The van der Waals surface area contributed by atoms with Gasteiger partial charge in [0.2, 0.25) is 10.0 Å². The molecule has 7 nitrogen and oxygen atoms in total. The second-order valence-electron chi connectivity index (χ2n) is 8.34. The molecule has 1 heterocycles. The van der Waals surface area contributed by atoms with E-state index in [0.29, 0.717) is 36.5 Å². The van der Waals surface area contributed by atoms with Crippen molar-refractivity contribution in [2.75, 3.05) is 31.6 Å². The van der Waals surface area contributed by atoms with Crippen molar-refractivity contribution in [2.45, 2.75) is 38.0 Å². The average Bonchev–Trinajstić information content (AvgIpc) is 2.81. The highest BCUT2D eigenvalue weighted by molar-refractivity contribution is 7.89. The number of sulfonamides is 1. The minimum Gasteiger partial charge on any atom is -0.462 e. The molecule has 8 heteroatoms. The number of piperidine rings is 1. The van der Waals surface area contributed by atoms with Crippen LogP contribution < -0.4 is 5.32 Å². The standard InChI is InChI=1S/C24H30N2O5S/c1-18(2)17-31-24(28)20-7-6-8-21(15-20)25-16-23(27)19-9-11-22(12-10-19)32(29,30)26-13-4-3-5-14-26/h6-12,15,18,25H,3-5,13-14,16-17H2,1-2H3. The van der Waals surface area contributed by atoms with E-state index in [0.717, 1.165) is 19.3 Å². The lowest BCUT2D eigenvalue weighted by Gasteiger charge is -2.25. The Morgan fingerprint density at radius 1 is 1.00 bits per heavy atom. The molecule has 0 unspecified atom stereocenters. The minimum atomic E-state index is -3.52. The summed E-state index contributed by atoms with van der Waals surface area (Å²) in [5.41, 5.74) is 1.46. The minimum absolute atomic E-state index is 0.0166. The third kappa shape index (κ3) is 6.17. The number of anilines is 1. The van der Waals surface area contributed by atoms with Gasteiger partial charge < -0.3 is 10.1 Å². The number of benzene rings is 2. The summed E-state index contributed by atoms with van der Waals surface area (Å²) >= 11 is 0. The zero-order chi connectivity index (χ0) is 23.1. The fourth-order valence-corrected chi connectivity index (χ4v) is 4.95. The van der Waals surface area contributed by atoms with E-state index in [1.54, 1.807) is 36.4 Å². The predicted molar refractivity (Wildman–Crippen MR) is 123 cm³/mol. The Morgan fingerprint density at radius 2 is 1.69 bits per heavy atom. The maximum absolute atomic E-state index is 12.7. The maximum Gasteiger partial charge on any atom is 0.338 e. The highest BCUT2D eigenvalue weighted by Crippen LogP contribution is 2.21. The van der Waals surface area contributed by atoms with Gasteiger partial charge in [0.15, 0.2) is 5.78 Å². The molecule has 0 aliphatic carbocycles. The first-order valence-corrected chi connectivity index (χ1v) is 12.4. The van der Waals surface area contributed by atoms with E-state index < -0.39 is 16.0 Å². The van der Waals surface area contributed by atoms with Crippen molar-refractivity contribution in [3.63, 3.8) is 0 Å². The SMILES string of the molecule is CC(C)COC(=O)c1cccc(NCC(=O)c2ccc(S(=O)(=O)N3CCCCC3)cc2)c1. The van der Waals surface area contributed by atoms with E-state index in [-0.39, 0.29) is 23.1 Å². The largest absolute Gasteiger partial charge is 0.462 e. The normalized spacial score (nSPS) is 14.8. The fraction of sp³-hybridized carbons (Fsp3) is 0.417. The molecule has 0 aromatic heterocycles. The Morgan fingerprint density at radius 3 is 2.34 bits per heavy atom. The summed E-state index contributed by atoms with van der Waals surface area (Å²) in [6.45, 7) is 5.37. The molecule has 32 heavy (non-hydrogen) atoms. The third-order valence-corrected chi connectivity index (χ3v) is 7.14. The lowest BCUT2D eigenvalue weighted by atomic mass is 10.1. The molecule has 2 aromatic carbocycles. The highest BCUT2D eigenvalue weighted by atomic mass is 32.2. The summed E-state index contributed by atoms with van der Waals surface area (Å²) < 4.78 is 32.2. The molecule has 0 radical (unpaired) electrons. The van der Waals surface area contributed by atoms with Crippen LogP contribution in [0.5, 0.6) is 0 Å². The van der Waals surface area contributed by atoms with Gasteiger partial charge in [-0.25, -0.2) is 13.2 Å². The molecule has 0 amide bonds. The monoisotopic (exact) mass is 458 g/mol. The highest BCUT2D eigenvalue weighted by Gasteiger charge is 2.25. The number of carbonyl (C=O) groups is 2. The Hall–Kier alpha value is -2.71. The maximum atomic E-state index is 12.7. The predicted octanol–water partition coefficient (Wildman–Crippen LogP) is 3.97. The van der Waals surface area contributed by atoms with Gasteiger partial charge in [-0.05, 0) is 61.2 Å². The number of hydrogen-bond donors (Lipinski definition) is 1. The summed E-state index contributed by atoms with van der Waals surface area (Å²) in [5, 5.41) is 3.02. The summed E-state index contributed by atoms with van der Waals surface area (Å²) in [5.74, 6) is -0.335. The Bertz CT molecular complexity index is 1040. The lowest BCUT2D eigenvalue weighted by molar-refractivity contribution is 0.0459. The van der Waals surface area contributed by atoms with Gasteiger partial charge in [0.25, 0.3) is 0 Å². The van der Waals surface area contributed by atoms with Crippen LogP contribution in [-0.2, 0) is 14.8 Å². The van der Waals surface area contributed by atoms with Crippen LogP contribution in [-0.4, -0.2) is 50.7 Å². The van der Waals surface area contributed by atoms with Crippen molar-refractivity contribution >= 4 is 27.5 Å². The summed E-state index contributed by atoms with van der Waals surface area (Å²) in [4.78, 5) is 24.9. The number of esters is 1. The van der Waals surface area contributed by atoms with Crippen molar-refractivity contribution < 1.29 is 22.7 Å². The fourth-order valence-electron chi connectivity index (χ4n) is 3.43. The molecule has 0 atom stereocenters. The van der Waals surface area contributed by atoms with Gasteiger partial charge in [0.1, 0.15) is 0 Å². The lowest BCUT2D eigenvalue weighted by Crippen LogP contribution is -2.35. The second kappa shape index (κ2) is 10.7. The number of rotatable bonds is 9. The molecule has 1 fully saturated rings. The molecule has 1 aliphatic rings. The van der Waals surface area contributed by atoms with Gasteiger partial charge in [0.05, 0.1) is 23.6 Å². The van der Waals surface area contributed by atoms with Gasteiger partial charge in [-0.2, -0.15) is 4.31 Å². The molecule has 0 spiro atoms. The van der Waals surface area contributed by atoms with Crippen LogP contribution in [0.2, 0.25) is 0 Å². The van der Waals surface area contributed by atoms with Gasteiger partial charge in [0, 0.05) is 24.3 Å². The average molecular weight is 459 g/mol. The molecule has 0 saturated carbocycles.